The highest BCUT2D eigenvalue weighted by atomic mass is 35.5. The summed E-state index contributed by atoms with van der Waals surface area (Å²) in [6.07, 6.45) is 1.49. The molecule has 0 saturated carbocycles. The molecule has 0 radical (unpaired) electrons. The fraction of sp³-hybridized carbons (Fsp3) is 0.367. The molecule has 0 N–H and O–H groups in total. The molecule has 196 valence electrons. The van der Waals surface area contributed by atoms with Gasteiger partial charge < -0.3 is 19.1 Å². The maximum Gasteiger partial charge on any atom is 0.240 e. The van der Waals surface area contributed by atoms with Crippen molar-refractivity contribution in [3.8, 4) is 17.2 Å². The zero-order valence-electron chi connectivity index (χ0n) is 21.9. The molecule has 0 aromatic heterocycles. The third-order valence-electron chi connectivity index (χ3n) is 7.66. The minimum absolute atomic E-state index is 0. The lowest BCUT2D eigenvalue weighted by Gasteiger charge is -2.42. The van der Waals surface area contributed by atoms with E-state index >= 15 is 0 Å². The van der Waals surface area contributed by atoms with Crippen molar-refractivity contribution in [2.24, 2.45) is 0 Å². The Morgan fingerprint density at radius 2 is 1.51 bits per heavy atom. The first-order chi connectivity index (χ1) is 17.5. The van der Waals surface area contributed by atoms with E-state index in [1.54, 1.807) is 21.3 Å². The summed E-state index contributed by atoms with van der Waals surface area (Å²) in [5.41, 5.74) is 5.96. The maximum absolute atomic E-state index is 14.2. The molecule has 0 aliphatic carbocycles. The molecule has 2 heterocycles. The molecule has 2 atom stereocenters. The lowest BCUT2D eigenvalue weighted by molar-refractivity contribution is -0.140. The predicted octanol–water partition coefficient (Wildman–Crippen LogP) is 5.21. The highest BCUT2D eigenvalue weighted by Crippen LogP contribution is 2.39. The van der Waals surface area contributed by atoms with Crippen molar-refractivity contribution in [1.29, 1.82) is 0 Å². The van der Waals surface area contributed by atoms with Crippen LogP contribution in [0.3, 0.4) is 0 Å². The molecule has 1 amide bonds. The Labute approximate surface area is 225 Å². The van der Waals surface area contributed by atoms with Crippen LogP contribution < -0.4 is 14.2 Å². The molecule has 3 aromatic carbocycles. The molecule has 1 unspecified atom stereocenters. The smallest absolute Gasteiger partial charge is 0.240 e. The molecular weight excluding hydrogens is 488 g/mol. The summed E-state index contributed by atoms with van der Waals surface area (Å²) in [5.74, 6) is 2.45. The topological polar surface area (TPSA) is 51.2 Å². The van der Waals surface area contributed by atoms with E-state index in [0.29, 0.717) is 25.3 Å². The number of rotatable bonds is 6. The largest absolute Gasteiger partial charge is 0.496 e. The Balaban J connectivity index is 0.00000320. The fourth-order valence-corrected chi connectivity index (χ4v) is 5.68. The Morgan fingerprint density at radius 3 is 2.24 bits per heavy atom. The third kappa shape index (κ3) is 5.13. The number of carbonyl (C=O) groups excluding carboxylic acids is 1. The monoisotopic (exact) mass is 522 g/mol. The van der Waals surface area contributed by atoms with Crippen LogP contribution in [0, 0.1) is 0 Å². The summed E-state index contributed by atoms with van der Waals surface area (Å²) in [4.78, 5) is 18.6. The normalized spacial score (nSPS) is 18.8. The molecule has 0 bridgehead atoms. The van der Waals surface area contributed by atoms with Gasteiger partial charge in [0.05, 0.1) is 33.4 Å². The first kappa shape index (κ1) is 26.8. The van der Waals surface area contributed by atoms with Gasteiger partial charge in [-0.3, -0.25) is 9.69 Å². The summed E-state index contributed by atoms with van der Waals surface area (Å²) in [5, 5.41) is 0. The van der Waals surface area contributed by atoms with Crippen LogP contribution in [0.1, 0.15) is 40.8 Å². The average molecular weight is 523 g/mol. The van der Waals surface area contributed by atoms with E-state index in [9.17, 15) is 4.79 Å². The highest BCUT2D eigenvalue weighted by molar-refractivity contribution is 5.85. The number of carbonyl (C=O) groups is 1. The second-order valence-electron chi connectivity index (χ2n) is 9.57. The van der Waals surface area contributed by atoms with Crippen molar-refractivity contribution < 1.29 is 19.0 Å². The fourth-order valence-electron chi connectivity index (χ4n) is 5.68. The lowest BCUT2D eigenvalue weighted by Crippen LogP contribution is -2.53. The van der Waals surface area contributed by atoms with Crippen LogP contribution in [0.2, 0.25) is 0 Å². The number of para-hydroxylation sites is 1. The summed E-state index contributed by atoms with van der Waals surface area (Å²) in [6.45, 7) is 4.18. The minimum atomic E-state index is -0.242. The number of halogens is 1. The van der Waals surface area contributed by atoms with Crippen molar-refractivity contribution in [3.63, 3.8) is 0 Å². The molecule has 2 aliphatic heterocycles. The van der Waals surface area contributed by atoms with Crippen molar-refractivity contribution in [3.05, 3.63) is 88.5 Å². The van der Waals surface area contributed by atoms with E-state index in [2.05, 4.69) is 48.2 Å². The standard InChI is InChI=1S/C30H34N2O4.ClH/c1-20-25-17-29(36-4)28(35-3)16-22(25)13-14-32(20)30(33)26-15-21-9-5-6-10-23(21)18-31(26)19-24-11-7-8-12-27(24)34-2;/h5-12,16-17,20,26H,13-15,18-19H2,1-4H3;1H/t20-,26?;/m0./s1. The zero-order chi connectivity index (χ0) is 25.2. The van der Waals surface area contributed by atoms with Crippen molar-refractivity contribution in [1.82, 2.24) is 9.80 Å². The molecule has 2 aliphatic rings. The summed E-state index contributed by atoms with van der Waals surface area (Å²) in [7, 11) is 5.00. The van der Waals surface area contributed by atoms with Gasteiger partial charge in [0.25, 0.3) is 0 Å². The van der Waals surface area contributed by atoms with Crippen LogP contribution in [0.5, 0.6) is 17.2 Å². The zero-order valence-corrected chi connectivity index (χ0v) is 22.7. The van der Waals surface area contributed by atoms with E-state index in [1.807, 2.05) is 29.2 Å². The average Bonchev–Trinajstić information content (AvgIpc) is 2.92. The molecule has 5 rings (SSSR count). The molecule has 0 saturated heterocycles. The molecule has 7 heteroatoms. The van der Waals surface area contributed by atoms with Gasteiger partial charge in [-0.2, -0.15) is 0 Å². The number of methoxy groups -OCH3 is 3. The molecule has 6 nitrogen and oxygen atoms in total. The number of ether oxygens (including phenoxy) is 3. The molecule has 0 spiro atoms. The number of hydrogen-bond donors (Lipinski definition) is 0. The van der Waals surface area contributed by atoms with Crippen LogP contribution in [0.15, 0.2) is 60.7 Å². The minimum Gasteiger partial charge on any atom is -0.496 e. The lowest BCUT2D eigenvalue weighted by atomic mass is 9.89. The van der Waals surface area contributed by atoms with Gasteiger partial charge >= 0.3 is 0 Å². The SMILES string of the molecule is COc1ccccc1CN1Cc2ccccc2CC1C(=O)N1CCc2cc(OC)c(OC)cc2[C@@H]1C.Cl. The van der Waals surface area contributed by atoms with Gasteiger partial charge in [-0.05, 0) is 60.2 Å². The molecule has 3 aromatic rings. The van der Waals surface area contributed by atoms with Gasteiger partial charge in [-0.1, -0.05) is 42.5 Å². The van der Waals surface area contributed by atoms with E-state index in [1.165, 1.54) is 16.7 Å². The van der Waals surface area contributed by atoms with E-state index < -0.39 is 0 Å². The first-order valence-electron chi connectivity index (χ1n) is 12.5. The van der Waals surface area contributed by atoms with Crippen LogP contribution in [-0.4, -0.2) is 49.6 Å². The van der Waals surface area contributed by atoms with E-state index in [0.717, 1.165) is 35.6 Å². The Morgan fingerprint density at radius 1 is 0.865 bits per heavy atom. The van der Waals surface area contributed by atoms with Crippen LogP contribution in [-0.2, 0) is 30.7 Å². The van der Waals surface area contributed by atoms with E-state index in [-0.39, 0.29) is 30.4 Å². The predicted molar refractivity (Wildman–Crippen MR) is 147 cm³/mol. The third-order valence-corrected chi connectivity index (χ3v) is 7.66. The Hall–Kier alpha value is -3.22. The number of amides is 1. The number of nitrogens with zero attached hydrogens (tertiary/aromatic N) is 2. The van der Waals surface area contributed by atoms with Gasteiger partial charge in [-0.25, -0.2) is 0 Å². The second kappa shape index (κ2) is 11.4. The van der Waals surface area contributed by atoms with Crippen LogP contribution >= 0.6 is 12.4 Å². The summed E-state index contributed by atoms with van der Waals surface area (Å²) < 4.78 is 16.7. The van der Waals surface area contributed by atoms with Gasteiger partial charge in [0.2, 0.25) is 5.91 Å². The Bertz CT molecular complexity index is 1260. The summed E-state index contributed by atoms with van der Waals surface area (Å²) >= 11 is 0. The van der Waals surface area contributed by atoms with Gasteiger partial charge in [0.15, 0.2) is 11.5 Å². The van der Waals surface area contributed by atoms with Gasteiger partial charge in [-0.15, -0.1) is 12.4 Å². The van der Waals surface area contributed by atoms with Crippen molar-refractivity contribution >= 4 is 18.3 Å². The first-order valence-corrected chi connectivity index (χ1v) is 12.5. The highest BCUT2D eigenvalue weighted by Gasteiger charge is 2.38. The molecule has 37 heavy (non-hydrogen) atoms. The molecule has 0 fully saturated rings. The van der Waals surface area contributed by atoms with Gasteiger partial charge in [0.1, 0.15) is 5.75 Å². The maximum atomic E-state index is 14.2. The van der Waals surface area contributed by atoms with Crippen molar-refractivity contribution in [2.45, 2.75) is 44.9 Å². The van der Waals surface area contributed by atoms with Crippen LogP contribution in [0.25, 0.3) is 0 Å². The Kier molecular flexibility index (Phi) is 8.30. The quantitative estimate of drug-likeness (QED) is 0.445. The number of fused-ring (bicyclic) bond motifs is 2. The summed E-state index contributed by atoms with van der Waals surface area (Å²) in [6, 6.07) is 20.3. The number of hydrogen-bond acceptors (Lipinski definition) is 5. The second-order valence-corrected chi connectivity index (χ2v) is 9.57. The number of benzene rings is 3. The van der Waals surface area contributed by atoms with Crippen molar-refractivity contribution in [2.75, 3.05) is 27.9 Å². The molecular formula is C30H35ClN2O4. The van der Waals surface area contributed by atoms with Gasteiger partial charge in [0, 0.05) is 25.2 Å². The van der Waals surface area contributed by atoms with Crippen LogP contribution in [0.4, 0.5) is 0 Å². The van der Waals surface area contributed by atoms with E-state index in [4.69, 9.17) is 14.2 Å².